The van der Waals surface area contributed by atoms with E-state index in [-0.39, 0.29) is 0 Å². The van der Waals surface area contributed by atoms with Crippen molar-refractivity contribution in [3.63, 3.8) is 0 Å². The molecule has 2 atom stereocenters. The molecule has 1 aromatic heterocycles. The molecule has 1 aliphatic rings. The van der Waals surface area contributed by atoms with Gasteiger partial charge in [0.25, 0.3) is 0 Å². The van der Waals surface area contributed by atoms with Gasteiger partial charge in [-0.05, 0) is 6.92 Å². The summed E-state index contributed by atoms with van der Waals surface area (Å²) in [5.74, 6) is 1.21. The number of hydrogen-bond donors (Lipinski definition) is 1. The van der Waals surface area contributed by atoms with Gasteiger partial charge in [0.1, 0.15) is 0 Å². The van der Waals surface area contributed by atoms with Crippen molar-refractivity contribution in [2.45, 2.75) is 25.1 Å². The molecule has 2 N–H and O–H groups in total. The SMILES string of the molecule is Cc1c(C(CN)N2CCSC(C)C2)cnn1C. The van der Waals surface area contributed by atoms with E-state index in [2.05, 4.69) is 35.6 Å². The van der Waals surface area contributed by atoms with Crippen LogP contribution in [-0.2, 0) is 7.05 Å². The normalized spacial score (nSPS) is 23.9. The van der Waals surface area contributed by atoms with Gasteiger partial charge in [0.05, 0.1) is 12.2 Å². The van der Waals surface area contributed by atoms with E-state index in [1.165, 1.54) is 17.0 Å². The first kappa shape index (κ1) is 12.9. The van der Waals surface area contributed by atoms with Crippen molar-refractivity contribution in [1.82, 2.24) is 14.7 Å². The number of nitrogens with two attached hydrogens (primary N) is 1. The van der Waals surface area contributed by atoms with Crippen molar-refractivity contribution < 1.29 is 0 Å². The van der Waals surface area contributed by atoms with E-state index < -0.39 is 0 Å². The van der Waals surface area contributed by atoms with E-state index in [9.17, 15) is 0 Å². The summed E-state index contributed by atoms with van der Waals surface area (Å²) in [4.78, 5) is 2.51. The molecule has 2 unspecified atom stereocenters. The van der Waals surface area contributed by atoms with Crippen LogP contribution in [0.25, 0.3) is 0 Å². The van der Waals surface area contributed by atoms with Gasteiger partial charge in [0.2, 0.25) is 0 Å². The number of aromatic nitrogens is 2. The zero-order chi connectivity index (χ0) is 12.4. The zero-order valence-corrected chi connectivity index (χ0v) is 11.7. The minimum Gasteiger partial charge on any atom is -0.329 e. The van der Waals surface area contributed by atoms with Crippen LogP contribution in [0.2, 0.25) is 0 Å². The Bertz CT molecular complexity index is 377. The van der Waals surface area contributed by atoms with Crippen LogP contribution in [-0.4, -0.2) is 45.3 Å². The molecule has 1 aliphatic heterocycles. The van der Waals surface area contributed by atoms with Crippen LogP contribution in [0.3, 0.4) is 0 Å². The van der Waals surface area contributed by atoms with Gasteiger partial charge >= 0.3 is 0 Å². The first-order chi connectivity index (χ1) is 8.13. The van der Waals surface area contributed by atoms with Crippen molar-refractivity contribution >= 4 is 11.8 Å². The van der Waals surface area contributed by atoms with Crippen molar-refractivity contribution in [2.24, 2.45) is 12.8 Å². The van der Waals surface area contributed by atoms with Crippen LogP contribution in [0, 0.1) is 6.92 Å². The first-order valence-corrected chi connectivity index (χ1v) is 7.22. The average molecular weight is 254 g/mol. The summed E-state index contributed by atoms with van der Waals surface area (Å²) < 4.78 is 1.93. The van der Waals surface area contributed by atoms with Gasteiger partial charge in [-0.15, -0.1) is 0 Å². The van der Waals surface area contributed by atoms with E-state index in [0.717, 1.165) is 13.1 Å². The van der Waals surface area contributed by atoms with Gasteiger partial charge in [-0.1, -0.05) is 6.92 Å². The quantitative estimate of drug-likeness (QED) is 0.879. The summed E-state index contributed by atoms with van der Waals surface area (Å²) >= 11 is 2.05. The third-order valence-corrected chi connectivity index (χ3v) is 4.71. The molecular weight excluding hydrogens is 232 g/mol. The van der Waals surface area contributed by atoms with E-state index in [4.69, 9.17) is 5.73 Å². The van der Waals surface area contributed by atoms with E-state index in [0.29, 0.717) is 17.8 Å². The Morgan fingerprint density at radius 3 is 2.94 bits per heavy atom. The monoisotopic (exact) mass is 254 g/mol. The molecule has 2 heterocycles. The van der Waals surface area contributed by atoms with Crippen LogP contribution < -0.4 is 5.73 Å². The van der Waals surface area contributed by atoms with Crippen LogP contribution in [0.1, 0.15) is 24.2 Å². The van der Waals surface area contributed by atoms with Gasteiger partial charge in [-0.3, -0.25) is 9.58 Å². The predicted molar refractivity (Wildman–Crippen MR) is 73.2 cm³/mol. The second kappa shape index (κ2) is 5.42. The van der Waals surface area contributed by atoms with Gasteiger partial charge in [0.15, 0.2) is 0 Å². The minimum absolute atomic E-state index is 0.326. The fourth-order valence-electron chi connectivity index (χ4n) is 2.44. The minimum atomic E-state index is 0.326. The summed E-state index contributed by atoms with van der Waals surface area (Å²) in [6.45, 7) is 7.34. The molecule has 4 nitrogen and oxygen atoms in total. The molecule has 0 spiro atoms. The lowest BCUT2D eigenvalue weighted by molar-refractivity contribution is 0.210. The number of thioether (sulfide) groups is 1. The third-order valence-electron chi connectivity index (χ3n) is 3.57. The first-order valence-electron chi connectivity index (χ1n) is 6.17. The third kappa shape index (κ3) is 2.67. The zero-order valence-electron chi connectivity index (χ0n) is 10.9. The van der Waals surface area contributed by atoms with Crippen LogP contribution >= 0.6 is 11.8 Å². The highest BCUT2D eigenvalue weighted by Crippen LogP contribution is 2.27. The Kier molecular flexibility index (Phi) is 4.12. The molecule has 0 aromatic carbocycles. The highest BCUT2D eigenvalue weighted by atomic mass is 32.2. The van der Waals surface area contributed by atoms with Crippen LogP contribution in [0.5, 0.6) is 0 Å². The predicted octanol–water partition coefficient (Wildman–Crippen LogP) is 1.17. The van der Waals surface area contributed by atoms with E-state index in [1.807, 2.05) is 17.9 Å². The maximum Gasteiger partial charge on any atom is 0.0540 e. The number of hydrogen-bond acceptors (Lipinski definition) is 4. The molecule has 1 fully saturated rings. The molecule has 0 radical (unpaired) electrons. The molecule has 5 heteroatoms. The summed E-state index contributed by atoms with van der Waals surface area (Å²) in [5.41, 5.74) is 8.49. The largest absolute Gasteiger partial charge is 0.329 e. The van der Waals surface area contributed by atoms with Crippen molar-refractivity contribution in [2.75, 3.05) is 25.4 Å². The Labute approximate surface area is 108 Å². The fourth-order valence-corrected chi connectivity index (χ4v) is 3.48. The fraction of sp³-hybridized carbons (Fsp3) is 0.750. The summed E-state index contributed by atoms with van der Waals surface area (Å²) in [5, 5.41) is 5.03. The van der Waals surface area contributed by atoms with Crippen LogP contribution in [0.4, 0.5) is 0 Å². The topological polar surface area (TPSA) is 47.1 Å². The Hall–Kier alpha value is -0.520. The van der Waals surface area contributed by atoms with Crippen LogP contribution in [0.15, 0.2) is 6.20 Å². The molecule has 1 saturated heterocycles. The van der Waals surface area contributed by atoms with E-state index in [1.54, 1.807) is 0 Å². The lowest BCUT2D eigenvalue weighted by atomic mass is 10.1. The molecule has 96 valence electrons. The number of aryl methyl sites for hydroxylation is 1. The molecule has 0 saturated carbocycles. The van der Waals surface area contributed by atoms with Crippen molar-refractivity contribution in [3.8, 4) is 0 Å². The summed E-state index contributed by atoms with van der Waals surface area (Å²) in [6, 6.07) is 0.326. The maximum absolute atomic E-state index is 5.97. The number of rotatable bonds is 3. The standard InChI is InChI=1S/C12H22N4S/c1-9-8-16(4-5-17-9)12(6-13)11-7-14-15(3)10(11)2/h7,9,12H,4-6,8,13H2,1-3H3. The van der Waals surface area contributed by atoms with Gasteiger partial charge in [-0.25, -0.2) is 0 Å². The van der Waals surface area contributed by atoms with Crippen molar-refractivity contribution in [1.29, 1.82) is 0 Å². The molecule has 0 aliphatic carbocycles. The lowest BCUT2D eigenvalue weighted by Crippen LogP contribution is -2.42. The van der Waals surface area contributed by atoms with Gasteiger partial charge in [-0.2, -0.15) is 16.9 Å². The lowest BCUT2D eigenvalue weighted by Gasteiger charge is -2.36. The maximum atomic E-state index is 5.97. The average Bonchev–Trinajstić information content (AvgIpc) is 2.63. The molecule has 2 rings (SSSR count). The molecule has 17 heavy (non-hydrogen) atoms. The highest BCUT2D eigenvalue weighted by Gasteiger charge is 2.26. The Morgan fingerprint density at radius 1 is 1.65 bits per heavy atom. The number of nitrogens with zero attached hydrogens (tertiary/aromatic N) is 3. The molecular formula is C12H22N4S. The second-order valence-corrected chi connectivity index (χ2v) is 6.28. The molecule has 1 aromatic rings. The summed E-state index contributed by atoms with van der Waals surface area (Å²) in [7, 11) is 1.99. The van der Waals surface area contributed by atoms with Gasteiger partial charge in [0, 0.05) is 48.9 Å². The second-order valence-electron chi connectivity index (χ2n) is 4.74. The Morgan fingerprint density at radius 2 is 2.41 bits per heavy atom. The van der Waals surface area contributed by atoms with Crippen molar-refractivity contribution in [3.05, 3.63) is 17.5 Å². The highest BCUT2D eigenvalue weighted by molar-refractivity contribution is 7.99. The molecule has 0 bridgehead atoms. The van der Waals surface area contributed by atoms with Gasteiger partial charge < -0.3 is 5.73 Å². The summed E-state index contributed by atoms with van der Waals surface area (Å²) in [6.07, 6.45) is 1.97. The van der Waals surface area contributed by atoms with E-state index >= 15 is 0 Å². The smallest absolute Gasteiger partial charge is 0.0540 e. The molecule has 0 amide bonds. The Balaban J connectivity index is 2.18.